The minimum Gasteiger partial charge on any atom is -0.497 e. The zero-order valence-corrected chi connectivity index (χ0v) is 8.56. The summed E-state index contributed by atoms with van der Waals surface area (Å²) in [6, 6.07) is 5.35. The Bertz CT molecular complexity index is 398. The van der Waals surface area contributed by atoms with Gasteiger partial charge in [0, 0.05) is 12.1 Å². The summed E-state index contributed by atoms with van der Waals surface area (Å²) in [5.74, 6) is 1.84. The van der Waals surface area contributed by atoms with E-state index < -0.39 is 6.29 Å². The monoisotopic (exact) mass is 208 g/mol. The summed E-state index contributed by atoms with van der Waals surface area (Å²) < 4.78 is 15.4. The van der Waals surface area contributed by atoms with E-state index in [2.05, 4.69) is 0 Å². The summed E-state index contributed by atoms with van der Waals surface area (Å²) in [6.07, 6.45) is 0.536. The molecule has 1 aliphatic rings. The van der Waals surface area contributed by atoms with E-state index in [9.17, 15) is 5.11 Å². The molecule has 0 amide bonds. The van der Waals surface area contributed by atoms with Gasteiger partial charge in [-0.3, -0.25) is 0 Å². The van der Waals surface area contributed by atoms with Gasteiger partial charge in [-0.2, -0.15) is 0 Å². The van der Waals surface area contributed by atoms with Crippen LogP contribution in [-0.2, 0) is 4.74 Å². The van der Waals surface area contributed by atoms with Crippen LogP contribution < -0.4 is 9.47 Å². The summed E-state index contributed by atoms with van der Waals surface area (Å²) in [6.45, 7) is 0. The Morgan fingerprint density at radius 2 is 2.07 bits per heavy atom. The number of hydrogen-bond acceptors (Lipinski definition) is 4. The maximum atomic E-state index is 9.40. The van der Waals surface area contributed by atoms with Crippen LogP contribution in [0.25, 0.3) is 5.76 Å². The highest BCUT2D eigenvalue weighted by Crippen LogP contribution is 2.34. The Balaban J connectivity index is 2.46. The third-order valence-corrected chi connectivity index (χ3v) is 2.22. The average molecular weight is 208 g/mol. The van der Waals surface area contributed by atoms with E-state index >= 15 is 0 Å². The van der Waals surface area contributed by atoms with E-state index in [0.717, 1.165) is 5.56 Å². The lowest BCUT2D eigenvalue weighted by Crippen LogP contribution is -2.18. The number of benzene rings is 1. The number of aliphatic hydroxyl groups excluding tert-OH is 1. The molecule has 0 bridgehead atoms. The molecule has 1 aromatic rings. The Hall–Kier alpha value is -1.68. The van der Waals surface area contributed by atoms with Crippen LogP contribution in [0.3, 0.4) is 0 Å². The third-order valence-electron chi connectivity index (χ3n) is 2.22. The van der Waals surface area contributed by atoms with Gasteiger partial charge in [-0.15, -0.1) is 0 Å². The molecule has 0 aliphatic carbocycles. The highest BCUT2D eigenvalue weighted by Gasteiger charge is 2.20. The number of methoxy groups -OCH3 is 2. The van der Waals surface area contributed by atoms with Gasteiger partial charge >= 0.3 is 0 Å². The molecule has 2 rings (SSSR count). The third kappa shape index (κ3) is 1.76. The van der Waals surface area contributed by atoms with Crippen LogP contribution in [0.4, 0.5) is 0 Å². The van der Waals surface area contributed by atoms with Crippen LogP contribution in [0, 0.1) is 0 Å². The first-order valence-electron chi connectivity index (χ1n) is 4.53. The number of hydrogen-bond donors (Lipinski definition) is 1. The lowest BCUT2D eigenvalue weighted by molar-refractivity contribution is 0.0199. The molecular formula is C11H12O4. The highest BCUT2D eigenvalue weighted by atomic mass is 16.6. The molecule has 0 spiro atoms. The first-order valence-corrected chi connectivity index (χ1v) is 4.53. The Kier molecular flexibility index (Phi) is 2.51. The smallest absolute Gasteiger partial charge is 0.221 e. The highest BCUT2D eigenvalue weighted by molar-refractivity contribution is 5.68. The van der Waals surface area contributed by atoms with Gasteiger partial charge in [0.1, 0.15) is 17.3 Å². The SMILES string of the molecule is COC1=CC(O)Oc2cc(OC)ccc21. The van der Waals surface area contributed by atoms with Gasteiger partial charge in [-0.25, -0.2) is 0 Å². The second-order valence-corrected chi connectivity index (χ2v) is 3.11. The van der Waals surface area contributed by atoms with Crippen molar-refractivity contribution in [3.8, 4) is 11.5 Å². The van der Waals surface area contributed by atoms with Gasteiger partial charge in [-0.05, 0) is 12.1 Å². The van der Waals surface area contributed by atoms with Crippen molar-refractivity contribution >= 4 is 5.76 Å². The van der Waals surface area contributed by atoms with Gasteiger partial charge in [0.25, 0.3) is 0 Å². The van der Waals surface area contributed by atoms with Crippen molar-refractivity contribution in [1.82, 2.24) is 0 Å². The second-order valence-electron chi connectivity index (χ2n) is 3.11. The topological polar surface area (TPSA) is 47.9 Å². The van der Waals surface area contributed by atoms with E-state index in [-0.39, 0.29) is 0 Å². The number of ether oxygens (including phenoxy) is 3. The van der Waals surface area contributed by atoms with Crippen molar-refractivity contribution in [3.63, 3.8) is 0 Å². The lowest BCUT2D eigenvalue weighted by Gasteiger charge is -2.21. The summed E-state index contributed by atoms with van der Waals surface area (Å²) in [5.41, 5.74) is 0.809. The summed E-state index contributed by atoms with van der Waals surface area (Å²) >= 11 is 0. The first-order chi connectivity index (χ1) is 7.24. The maximum Gasteiger partial charge on any atom is 0.221 e. The molecule has 4 heteroatoms. The van der Waals surface area contributed by atoms with E-state index in [0.29, 0.717) is 17.3 Å². The quantitative estimate of drug-likeness (QED) is 0.797. The van der Waals surface area contributed by atoms with E-state index in [1.54, 1.807) is 20.3 Å². The fraction of sp³-hybridized carbons (Fsp3) is 0.273. The van der Waals surface area contributed by atoms with E-state index in [1.807, 2.05) is 12.1 Å². The summed E-state index contributed by atoms with van der Waals surface area (Å²) in [4.78, 5) is 0. The number of aliphatic hydroxyl groups is 1. The molecule has 0 radical (unpaired) electrons. The van der Waals surface area contributed by atoms with Crippen LogP contribution in [0.1, 0.15) is 5.56 Å². The van der Waals surface area contributed by atoms with Gasteiger partial charge in [0.05, 0.1) is 19.8 Å². The van der Waals surface area contributed by atoms with Gasteiger partial charge in [0.15, 0.2) is 0 Å². The van der Waals surface area contributed by atoms with E-state index in [4.69, 9.17) is 14.2 Å². The molecule has 15 heavy (non-hydrogen) atoms. The van der Waals surface area contributed by atoms with Gasteiger partial charge < -0.3 is 19.3 Å². The Morgan fingerprint density at radius 3 is 2.73 bits per heavy atom. The molecule has 0 saturated carbocycles. The molecule has 0 fully saturated rings. The van der Waals surface area contributed by atoms with Gasteiger partial charge in [-0.1, -0.05) is 0 Å². The fourth-order valence-electron chi connectivity index (χ4n) is 1.49. The zero-order chi connectivity index (χ0) is 10.8. The fourth-order valence-corrected chi connectivity index (χ4v) is 1.49. The van der Waals surface area contributed by atoms with Crippen molar-refractivity contribution in [2.24, 2.45) is 0 Å². The van der Waals surface area contributed by atoms with Gasteiger partial charge in [0.2, 0.25) is 6.29 Å². The van der Waals surface area contributed by atoms with Crippen molar-refractivity contribution in [1.29, 1.82) is 0 Å². The maximum absolute atomic E-state index is 9.40. The predicted molar refractivity (Wildman–Crippen MR) is 54.6 cm³/mol. The average Bonchev–Trinajstić information content (AvgIpc) is 2.26. The van der Waals surface area contributed by atoms with Crippen molar-refractivity contribution in [2.75, 3.05) is 14.2 Å². The molecule has 1 atom stereocenters. The summed E-state index contributed by atoms with van der Waals surface area (Å²) in [5, 5.41) is 9.40. The largest absolute Gasteiger partial charge is 0.497 e. The minimum atomic E-state index is -0.973. The minimum absolute atomic E-state index is 0.557. The van der Waals surface area contributed by atoms with E-state index in [1.165, 1.54) is 6.08 Å². The van der Waals surface area contributed by atoms with Crippen molar-refractivity contribution in [3.05, 3.63) is 29.8 Å². The number of fused-ring (bicyclic) bond motifs is 1. The molecule has 1 heterocycles. The second kappa shape index (κ2) is 3.82. The molecule has 1 unspecified atom stereocenters. The zero-order valence-electron chi connectivity index (χ0n) is 8.56. The Morgan fingerprint density at radius 1 is 1.27 bits per heavy atom. The standard InChI is InChI=1S/C11H12O4/c1-13-7-3-4-8-9(14-2)6-11(12)15-10(8)5-7/h3-6,11-12H,1-2H3. The normalized spacial score (nSPS) is 18.6. The summed E-state index contributed by atoms with van der Waals surface area (Å²) in [7, 11) is 3.13. The van der Waals surface area contributed by atoms with Crippen molar-refractivity contribution < 1.29 is 19.3 Å². The Labute approximate surface area is 87.7 Å². The van der Waals surface area contributed by atoms with Crippen LogP contribution in [0.5, 0.6) is 11.5 Å². The first kappa shape index (κ1) is 9.86. The van der Waals surface area contributed by atoms with Crippen molar-refractivity contribution in [2.45, 2.75) is 6.29 Å². The molecule has 0 saturated heterocycles. The van der Waals surface area contributed by atoms with Crippen LogP contribution in [-0.4, -0.2) is 25.6 Å². The molecule has 1 aliphatic heterocycles. The van der Waals surface area contributed by atoms with Crippen LogP contribution in [0.15, 0.2) is 24.3 Å². The molecule has 80 valence electrons. The predicted octanol–water partition coefficient (Wildman–Crippen LogP) is 1.39. The molecule has 1 aromatic carbocycles. The number of rotatable bonds is 2. The van der Waals surface area contributed by atoms with Crippen LogP contribution >= 0.6 is 0 Å². The molecule has 0 aromatic heterocycles. The molecule has 4 nitrogen and oxygen atoms in total. The lowest BCUT2D eigenvalue weighted by atomic mass is 10.1. The van der Waals surface area contributed by atoms with Crippen LogP contribution in [0.2, 0.25) is 0 Å². The molecule has 1 N–H and O–H groups in total. The molecular weight excluding hydrogens is 196 g/mol.